The second-order valence-electron chi connectivity index (χ2n) is 1.36. The van der Waals surface area contributed by atoms with Gasteiger partial charge in [0.2, 0.25) is 0 Å². The molecule has 5 N–H and O–H groups in total. The van der Waals surface area contributed by atoms with Crippen molar-refractivity contribution in [1.82, 2.24) is 5.32 Å². The third-order valence-electron chi connectivity index (χ3n) is 0.640. The summed E-state index contributed by atoms with van der Waals surface area (Å²) in [6.45, 7) is 0. The van der Waals surface area contributed by atoms with Crippen LogP contribution in [0.5, 0.6) is 0 Å². The molecule has 0 atom stereocenters. The predicted molar refractivity (Wildman–Crippen MR) is 24.5 cm³/mol. The molecular weight excluding hydrogens is 94.1 g/mol. The van der Waals surface area contributed by atoms with Gasteiger partial charge in [0.1, 0.15) is 6.26 Å². The van der Waals surface area contributed by atoms with E-state index in [-0.39, 0.29) is 0 Å². The maximum absolute atomic E-state index is 5.16. The third-order valence-corrected chi connectivity index (χ3v) is 0.640. The Labute approximate surface area is 41.1 Å². The smallest absolute Gasteiger partial charge is 0.295 e. The van der Waals surface area contributed by atoms with Crippen LogP contribution in [0.3, 0.4) is 0 Å². The molecule has 4 nitrogen and oxygen atoms in total. The highest BCUT2D eigenvalue weighted by molar-refractivity contribution is 4.85. The van der Waals surface area contributed by atoms with Crippen LogP contribution in [0.15, 0.2) is 12.5 Å². The lowest BCUT2D eigenvalue weighted by molar-refractivity contribution is 0.0375. The average molecular weight is 101 g/mol. The van der Waals surface area contributed by atoms with Gasteiger partial charge in [-0.3, -0.25) is 11.5 Å². The lowest BCUT2D eigenvalue weighted by atomic mass is 10.8. The van der Waals surface area contributed by atoms with Crippen molar-refractivity contribution in [2.75, 3.05) is 0 Å². The van der Waals surface area contributed by atoms with Crippen LogP contribution in [0.4, 0.5) is 0 Å². The van der Waals surface area contributed by atoms with E-state index in [2.05, 4.69) is 10.1 Å². The molecular formula is C3H7N3O. The van der Waals surface area contributed by atoms with Gasteiger partial charge in [-0.05, 0) is 0 Å². The molecule has 0 amide bonds. The highest BCUT2D eigenvalue weighted by Gasteiger charge is 2.19. The largest absolute Gasteiger partial charge is 0.448 e. The minimum atomic E-state index is -1.17. The Kier molecular flexibility index (Phi) is 0.703. The summed E-state index contributed by atoms with van der Waals surface area (Å²) < 4.78 is 4.60. The van der Waals surface area contributed by atoms with Crippen LogP contribution in [-0.4, -0.2) is 5.97 Å². The molecule has 40 valence electrons. The molecule has 0 aromatic heterocycles. The first-order valence-electron chi connectivity index (χ1n) is 1.89. The molecule has 0 aromatic rings. The standard InChI is InChI=1S/C3H7N3O/c4-3(5)6-1-2-7-3/h1-2,6H,4-5H2. The monoisotopic (exact) mass is 101 g/mol. The van der Waals surface area contributed by atoms with E-state index < -0.39 is 5.97 Å². The second kappa shape index (κ2) is 1.11. The van der Waals surface area contributed by atoms with Gasteiger partial charge < -0.3 is 10.1 Å². The first kappa shape index (κ1) is 4.42. The average Bonchev–Trinajstić information content (AvgIpc) is 1.84. The normalized spacial score (nSPS) is 23.7. The summed E-state index contributed by atoms with van der Waals surface area (Å²) in [5, 5.41) is 2.55. The Morgan fingerprint density at radius 3 is 2.43 bits per heavy atom. The zero-order valence-corrected chi connectivity index (χ0v) is 3.72. The molecule has 0 spiro atoms. The predicted octanol–water partition coefficient (Wildman–Crippen LogP) is -1.39. The minimum absolute atomic E-state index is 1.17. The molecule has 0 saturated carbocycles. The molecule has 1 aliphatic rings. The van der Waals surface area contributed by atoms with Gasteiger partial charge in [-0.1, -0.05) is 0 Å². The number of nitrogens with one attached hydrogen (secondary N) is 1. The molecule has 0 radical (unpaired) electrons. The topological polar surface area (TPSA) is 73.3 Å². The summed E-state index contributed by atoms with van der Waals surface area (Å²) in [6, 6.07) is 0. The van der Waals surface area contributed by atoms with Gasteiger partial charge in [0.15, 0.2) is 0 Å². The van der Waals surface area contributed by atoms with Gasteiger partial charge in [0.25, 0.3) is 5.97 Å². The second-order valence-corrected chi connectivity index (χ2v) is 1.36. The Morgan fingerprint density at radius 1 is 1.57 bits per heavy atom. The first-order chi connectivity index (χ1) is 3.21. The fraction of sp³-hybridized carbons (Fsp3) is 0.333. The van der Waals surface area contributed by atoms with E-state index in [0.717, 1.165) is 0 Å². The van der Waals surface area contributed by atoms with E-state index >= 15 is 0 Å². The van der Waals surface area contributed by atoms with Crippen LogP contribution < -0.4 is 16.8 Å². The van der Waals surface area contributed by atoms with Crippen molar-refractivity contribution in [3.63, 3.8) is 0 Å². The summed E-state index contributed by atoms with van der Waals surface area (Å²) in [7, 11) is 0. The van der Waals surface area contributed by atoms with Crippen LogP contribution in [0, 0.1) is 0 Å². The maximum atomic E-state index is 5.16. The SMILES string of the molecule is NC1(N)NC=CO1. The molecule has 0 fully saturated rings. The van der Waals surface area contributed by atoms with Crippen molar-refractivity contribution in [3.8, 4) is 0 Å². The van der Waals surface area contributed by atoms with Gasteiger partial charge >= 0.3 is 0 Å². The van der Waals surface area contributed by atoms with E-state index in [1.165, 1.54) is 6.26 Å². The highest BCUT2D eigenvalue weighted by Crippen LogP contribution is 1.95. The van der Waals surface area contributed by atoms with Crippen molar-refractivity contribution >= 4 is 0 Å². The molecule has 1 rings (SSSR count). The van der Waals surface area contributed by atoms with Gasteiger partial charge in [-0.25, -0.2) is 0 Å². The highest BCUT2D eigenvalue weighted by atomic mass is 16.5. The van der Waals surface area contributed by atoms with Crippen LogP contribution in [0.1, 0.15) is 0 Å². The zero-order valence-electron chi connectivity index (χ0n) is 3.72. The summed E-state index contributed by atoms with van der Waals surface area (Å²) in [5.74, 6) is -1.17. The van der Waals surface area contributed by atoms with E-state index in [1.807, 2.05) is 0 Å². The zero-order chi connectivity index (χ0) is 5.33. The minimum Gasteiger partial charge on any atom is -0.448 e. The van der Waals surface area contributed by atoms with Gasteiger partial charge in [0, 0.05) is 6.20 Å². The van der Waals surface area contributed by atoms with Gasteiger partial charge in [0.05, 0.1) is 0 Å². The fourth-order valence-electron chi connectivity index (χ4n) is 0.345. The molecule has 0 aliphatic carbocycles. The summed E-state index contributed by atoms with van der Waals surface area (Å²) in [5.41, 5.74) is 10.3. The molecule has 1 aliphatic heterocycles. The number of hydrogen-bond donors (Lipinski definition) is 3. The van der Waals surface area contributed by atoms with E-state index in [4.69, 9.17) is 11.5 Å². The van der Waals surface area contributed by atoms with Gasteiger partial charge in [-0.2, -0.15) is 0 Å². The van der Waals surface area contributed by atoms with E-state index in [9.17, 15) is 0 Å². The maximum Gasteiger partial charge on any atom is 0.295 e. The molecule has 7 heavy (non-hydrogen) atoms. The molecule has 0 saturated heterocycles. The van der Waals surface area contributed by atoms with Gasteiger partial charge in [-0.15, -0.1) is 0 Å². The molecule has 0 unspecified atom stereocenters. The van der Waals surface area contributed by atoms with Crippen LogP contribution in [0.25, 0.3) is 0 Å². The lowest BCUT2D eigenvalue weighted by Gasteiger charge is -2.16. The Bertz CT molecular complexity index is 88.4. The Balaban J connectivity index is 2.49. The van der Waals surface area contributed by atoms with Crippen molar-refractivity contribution in [3.05, 3.63) is 12.5 Å². The van der Waals surface area contributed by atoms with Crippen molar-refractivity contribution < 1.29 is 4.74 Å². The molecule has 4 heteroatoms. The quantitative estimate of drug-likeness (QED) is 0.328. The fourth-order valence-corrected chi connectivity index (χ4v) is 0.345. The summed E-state index contributed by atoms with van der Waals surface area (Å²) in [6.07, 6.45) is 2.94. The van der Waals surface area contributed by atoms with Crippen LogP contribution >= 0.6 is 0 Å². The van der Waals surface area contributed by atoms with Crippen molar-refractivity contribution in [2.24, 2.45) is 11.5 Å². The number of nitrogens with two attached hydrogens (primary N) is 2. The van der Waals surface area contributed by atoms with Crippen molar-refractivity contribution in [2.45, 2.75) is 5.97 Å². The van der Waals surface area contributed by atoms with Crippen molar-refractivity contribution in [1.29, 1.82) is 0 Å². The van der Waals surface area contributed by atoms with E-state index in [1.54, 1.807) is 6.20 Å². The molecule has 0 bridgehead atoms. The number of rotatable bonds is 0. The summed E-state index contributed by atoms with van der Waals surface area (Å²) in [4.78, 5) is 0. The first-order valence-corrected chi connectivity index (χ1v) is 1.89. The van der Waals surface area contributed by atoms with Crippen LogP contribution in [0.2, 0.25) is 0 Å². The van der Waals surface area contributed by atoms with E-state index in [0.29, 0.717) is 0 Å². The Hall–Kier alpha value is -0.740. The number of ether oxygens (including phenoxy) is 1. The third kappa shape index (κ3) is 0.819. The van der Waals surface area contributed by atoms with Crippen LogP contribution in [-0.2, 0) is 4.74 Å². The Morgan fingerprint density at radius 2 is 2.29 bits per heavy atom. The molecule has 0 aromatic carbocycles. The molecule has 1 heterocycles. The lowest BCUT2D eigenvalue weighted by Crippen LogP contribution is -2.58. The number of hydrogen-bond acceptors (Lipinski definition) is 4. The summed E-state index contributed by atoms with van der Waals surface area (Å²) >= 11 is 0.